The first-order valence-electron chi connectivity index (χ1n) is 11.4. The van der Waals surface area contributed by atoms with Gasteiger partial charge in [-0.1, -0.05) is 12.1 Å². The van der Waals surface area contributed by atoms with Crippen LogP contribution in [0.5, 0.6) is 23.0 Å². The van der Waals surface area contributed by atoms with Crippen LogP contribution in [0.3, 0.4) is 0 Å². The highest BCUT2D eigenvalue weighted by atomic mass is 32.1. The summed E-state index contributed by atoms with van der Waals surface area (Å²) in [5.74, 6) is 1.70. The predicted octanol–water partition coefficient (Wildman–Crippen LogP) is 4.51. The molecule has 186 valence electrons. The SMILES string of the molecule is COc1ccc(NC(=O)[C@H]2[C@H]3NC(=S)N(c4ccccc4OC)[C@@]2(C)Oc2ccc(OC)cc23)cc1. The number of rotatable bonds is 6. The standard InChI is InChI=1S/C27H27N3O5S/c1-27-23(25(31)28-16-9-11-17(32-2)12-10-16)24(19-15-18(33-3)13-14-21(19)35-27)29-26(36)30(27)20-7-5-6-8-22(20)34-4/h5-15,23-24H,1-4H3,(H,28,31)(H,29,36)/t23-,24+,27+/m1/s1. The summed E-state index contributed by atoms with van der Waals surface area (Å²) >= 11 is 5.83. The van der Waals surface area contributed by atoms with Crippen LogP contribution in [0.2, 0.25) is 0 Å². The Bertz CT molecular complexity index is 1320. The van der Waals surface area contributed by atoms with Gasteiger partial charge in [0.1, 0.15) is 28.9 Å². The summed E-state index contributed by atoms with van der Waals surface area (Å²) in [6.07, 6.45) is 0. The fraction of sp³-hybridized carbons (Fsp3) is 0.259. The van der Waals surface area contributed by atoms with Crippen molar-refractivity contribution in [3.8, 4) is 23.0 Å². The van der Waals surface area contributed by atoms with E-state index in [4.69, 9.17) is 31.2 Å². The molecule has 3 atom stereocenters. The molecule has 1 saturated heterocycles. The topological polar surface area (TPSA) is 81.3 Å². The molecule has 8 nitrogen and oxygen atoms in total. The van der Waals surface area contributed by atoms with Crippen LogP contribution in [-0.4, -0.2) is 38.1 Å². The highest BCUT2D eigenvalue weighted by molar-refractivity contribution is 7.80. The number of carbonyl (C=O) groups excluding carboxylic acids is 1. The second-order valence-electron chi connectivity index (χ2n) is 8.69. The lowest BCUT2D eigenvalue weighted by molar-refractivity contribution is -0.130. The molecule has 1 amide bonds. The molecular weight excluding hydrogens is 478 g/mol. The van der Waals surface area contributed by atoms with E-state index in [-0.39, 0.29) is 5.91 Å². The van der Waals surface area contributed by atoms with E-state index in [1.807, 2.05) is 54.3 Å². The van der Waals surface area contributed by atoms with Crippen LogP contribution >= 0.6 is 12.2 Å². The maximum atomic E-state index is 13.9. The van der Waals surface area contributed by atoms with E-state index in [2.05, 4.69) is 10.6 Å². The number of hydrogen-bond donors (Lipinski definition) is 2. The van der Waals surface area contributed by atoms with E-state index in [1.54, 1.807) is 45.6 Å². The first kappa shape index (κ1) is 23.7. The Morgan fingerprint density at radius 1 is 1.00 bits per heavy atom. The summed E-state index contributed by atoms with van der Waals surface area (Å²) in [6.45, 7) is 1.88. The molecule has 2 N–H and O–H groups in total. The summed E-state index contributed by atoms with van der Waals surface area (Å²) in [7, 11) is 4.80. The molecule has 0 saturated carbocycles. The van der Waals surface area contributed by atoms with Crippen molar-refractivity contribution >= 4 is 34.6 Å². The molecule has 2 heterocycles. The minimum absolute atomic E-state index is 0.226. The number of fused-ring (bicyclic) bond motifs is 4. The molecule has 5 rings (SSSR count). The van der Waals surface area contributed by atoms with Crippen LogP contribution in [0.4, 0.5) is 11.4 Å². The molecule has 2 aliphatic heterocycles. The zero-order chi connectivity index (χ0) is 25.4. The molecule has 3 aromatic rings. The van der Waals surface area contributed by atoms with Crippen molar-refractivity contribution in [2.24, 2.45) is 5.92 Å². The van der Waals surface area contributed by atoms with Gasteiger partial charge in [0.15, 0.2) is 10.8 Å². The van der Waals surface area contributed by atoms with Gasteiger partial charge < -0.3 is 29.6 Å². The van der Waals surface area contributed by atoms with Crippen LogP contribution in [0.1, 0.15) is 18.5 Å². The molecule has 0 radical (unpaired) electrons. The van der Waals surface area contributed by atoms with E-state index in [9.17, 15) is 4.79 Å². The van der Waals surface area contributed by atoms with Crippen molar-refractivity contribution < 1.29 is 23.7 Å². The molecule has 0 unspecified atom stereocenters. The number of hydrogen-bond acceptors (Lipinski definition) is 6. The second kappa shape index (κ2) is 9.23. The monoisotopic (exact) mass is 505 g/mol. The van der Waals surface area contributed by atoms with Crippen molar-refractivity contribution in [1.82, 2.24) is 5.32 Å². The number of anilines is 2. The molecule has 9 heteroatoms. The van der Waals surface area contributed by atoms with Crippen molar-refractivity contribution in [2.75, 3.05) is 31.5 Å². The van der Waals surface area contributed by atoms with Crippen molar-refractivity contribution in [1.29, 1.82) is 0 Å². The maximum absolute atomic E-state index is 13.9. The van der Waals surface area contributed by atoms with Gasteiger partial charge in [0.05, 0.1) is 33.1 Å². The number of methoxy groups -OCH3 is 3. The third kappa shape index (κ3) is 3.85. The van der Waals surface area contributed by atoms with Crippen LogP contribution in [-0.2, 0) is 4.79 Å². The van der Waals surface area contributed by atoms with E-state index in [0.717, 1.165) is 5.56 Å². The molecule has 1 fully saturated rings. The molecule has 0 spiro atoms. The Kier molecular flexibility index (Phi) is 6.09. The summed E-state index contributed by atoms with van der Waals surface area (Å²) in [5, 5.41) is 6.87. The lowest BCUT2D eigenvalue weighted by Crippen LogP contribution is -2.72. The Hall–Kier alpha value is -3.98. The van der Waals surface area contributed by atoms with Crippen LogP contribution in [0.25, 0.3) is 0 Å². The number of para-hydroxylation sites is 2. The fourth-order valence-electron chi connectivity index (χ4n) is 4.96. The van der Waals surface area contributed by atoms with Crippen LogP contribution in [0, 0.1) is 5.92 Å². The van der Waals surface area contributed by atoms with E-state index >= 15 is 0 Å². The third-order valence-corrected chi connectivity index (χ3v) is 6.97. The fourth-order valence-corrected chi connectivity index (χ4v) is 5.37. The number of ether oxygens (including phenoxy) is 4. The van der Waals surface area contributed by atoms with Gasteiger partial charge in [0.2, 0.25) is 5.91 Å². The van der Waals surface area contributed by atoms with Gasteiger partial charge in [0, 0.05) is 11.3 Å². The largest absolute Gasteiger partial charge is 0.497 e. The van der Waals surface area contributed by atoms with Crippen LogP contribution < -0.4 is 34.5 Å². The summed E-state index contributed by atoms with van der Waals surface area (Å²) < 4.78 is 23.0. The molecule has 3 aromatic carbocycles. The van der Waals surface area contributed by atoms with E-state index in [0.29, 0.717) is 39.5 Å². The minimum Gasteiger partial charge on any atom is -0.497 e. The number of thiocarbonyl (C=S) groups is 1. The number of nitrogens with zero attached hydrogens (tertiary/aromatic N) is 1. The van der Waals surface area contributed by atoms with E-state index < -0.39 is 17.7 Å². The van der Waals surface area contributed by atoms with Gasteiger partial charge in [-0.15, -0.1) is 0 Å². The zero-order valence-electron chi connectivity index (χ0n) is 20.4. The average molecular weight is 506 g/mol. The average Bonchev–Trinajstić information content (AvgIpc) is 2.88. The summed E-state index contributed by atoms with van der Waals surface area (Å²) in [6, 6.07) is 19.8. The highest BCUT2D eigenvalue weighted by Gasteiger charge is 2.59. The lowest BCUT2D eigenvalue weighted by Gasteiger charge is -2.56. The quantitative estimate of drug-likeness (QED) is 0.474. The van der Waals surface area contributed by atoms with Gasteiger partial charge in [-0.2, -0.15) is 0 Å². The maximum Gasteiger partial charge on any atom is 0.236 e. The van der Waals surface area contributed by atoms with Crippen molar-refractivity contribution in [2.45, 2.75) is 18.7 Å². The molecule has 2 bridgehead atoms. The number of carbonyl (C=O) groups is 1. The van der Waals surface area contributed by atoms with E-state index in [1.165, 1.54) is 0 Å². The normalized spacial score (nSPS) is 22.0. The van der Waals surface area contributed by atoms with Gasteiger partial charge in [-0.3, -0.25) is 9.69 Å². The van der Waals surface area contributed by atoms with Crippen molar-refractivity contribution in [3.05, 3.63) is 72.3 Å². The molecule has 2 aliphatic rings. The number of benzene rings is 3. The molecule has 36 heavy (non-hydrogen) atoms. The van der Waals surface area contributed by atoms with Crippen LogP contribution in [0.15, 0.2) is 66.7 Å². The minimum atomic E-state index is -1.17. The predicted molar refractivity (Wildman–Crippen MR) is 141 cm³/mol. The first-order valence-corrected chi connectivity index (χ1v) is 11.9. The second-order valence-corrected chi connectivity index (χ2v) is 9.08. The van der Waals surface area contributed by atoms with Gasteiger partial charge in [-0.05, 0) is 73.7 Å². The van der Waals surface area contributed by atoms with Gasteiger partial charge >= 0.3 is 0 Å². The van der Waals surface area contributed by atoms with Crippen molar-refractivity contribution in [3.63, 3.8) is 0 Å². The molecular formula is C27H27N3O5S. The Morgan fingerprint density at radius 3 is 2.39 bits per heavy atom. The summed E-state index contributed by atoms with van der Waals surface area (Å²) in [4.78, 5) is 15.8. The number of nitrogens with one attached hydrogen (secondary N) is 2. The van der Waals surface area contributed by atoms with Gasteiger partial charge in [0.25, 0.3) is 0 Å². The summed E-state index contributed by atoms with van der Waals surface area (Å²) in [5.41, 5.74) is 0.964. The zero-order valence-corrected chi connectivity index (χ0v) is 21.2. The molecule has 0 aromatic heterocycles. The van der Waals surface area contributed by atoms with Gasteiger partial charge in [-0.25, -0.2) is 0 Å². The Labute approximate surface area is 215 Å². The Balaban J connectivity index is 1.62. The third-order valence-electron chi connectivity index (χ3n) is 6.67. The smallest absolute Gasteiger partial charge is 0.236 e. The first-order chi connectivity index (χ1) is 17.4. The Morgan fingerprint density at radius 2 is 1.69 bits per heavy atom. The number of amides is 1. The molecule has 0 aliphatic carbocycles. The highest BCUT2D eigenvalue weighted by Crippen LogP contribution is 2.51. The lowest BCUT2D eigenvalue weighted by atomic mass is 9.78.